The summed E-state index contributed by atoms with van der Waals surface area (Å²) in [5.74, 6) is 0.765. The molecule has 3 aromatic rings. The summed E-state index contributed by atoms with van der Waals surface area (Å²) < 4.78 is 2.12. The Kier molecular flexibility index (Phi) is 3.95. The van der Waals surface area contributed by atoms with Crippen molar-refractivity contribution in [2.24, 2.45) is 0 Å². The molecular formula is C15H16N5O2+. The highest BCUT2D eigenvalue weighted by Gasteiger charge is 2.08. The lowest BCUT2D eigenvalue weighted by Crippen LogP contribution is -2.15. The molecule has 2 N–H and O–H groups in total. The molecule has 0 saturated heterocycles. The van der Waals surface area contributed by atoms with Gasteiger partial charge in [-0.2, -0.15) is 0 Å². The Balaban J connectivity index is 1.52. The number of rotatable bonds is 6. The molecule has 0 atom stereocenters. The molecule has 0 amide bonds. The Hall–Kier alpha value is -2.96. The van der Waals surface area contributed by atoms with Crippen LogP contribution in [0.25, 0.3) is 11.0 Å². The molecule has 2 heterocycles. The first kappa shape index (κ1) is 14.0. The van der Waals surface area contributed by atoms with Gasteiger partial charge < -0.3 is 4.57 Å². The Morgan fingerprint density at radius 3 is 2.91 bits per heavy atom. The second-order valence-corrected chi connectivity index (χ2v) is 4.92. The summed E-state index contributed by atoms with van der Waals surface area (Å²) >= 11 is 0. The maximum Gasteiger partial charge on any atom is 0.308 e. The molecular weight excluding hydrogens is 282 g/mol. The number of aryl methyl sites for hydroxylation is 1. The van der Waals surface area contributed by atoms with Crippen LogP contribution in [0.1, 0.15) is 6.42 Å². The van der Waals surface area contributed by atoms with Crippen molar-refractivity contribution in [2.45, 2.75) is 13.0 Å². The van der Waals surface area contributed by atoms with Crippen molar-refractivity contribution in [3.05, 3.63) is 59.0 Å². The van der Waals surface area contributed by atoms with Gasteiger partial charge in [-0.1, -0.05) is 12.1 Å². The van der Waals surface area contributed by atoms with Gasteiger partial charge in [0.15, 0.2) is 6.20 Å². The SMILES string of the molecule is O=[N+]([O-])c1ccc(NCCCn2cnc3ccccc32)[nH+]c1. The molecule has 0 bridgehead atoms. The number of aromatic nitrogens is 3. The largest absolute Gasteiger partial charge is 0.330 e. The minimum absolute atomic E-state index is 0.0513. The van der Waals surface area contributed by atoms with E-state index in [2.05, 4.69) is 25.9 Å². The first-order chi connectivity index (χ1) is 10.7. The lowest BCUT2D eigenvalue weighted by molar-refractivity contribution is -0.413. The lowest BCUT2D eigenvalue weighted by atomic mass is 10.3. The van der Waals surface area contributed by atoms with Crippen molar-refractivity contribution in [2.75, 3.05) is 11.9 Å². The molecule has 112 valence electrons. The third-order valence-electron chi connectivity index (χ3n) is 3.43. The van der Waals surface area contributed by atoms with Crippen LogP contribution in [0.3, 0.4) is 0 Å². The van der Waals surface area contributed by atoms with Gasteiger partial charge in [0, 0.05) is 25.1 Å². The maximum absolute atomic E-state index is 10.6. The van der Waals surface area contributed by atoms with Crippen LogP contribution in [0, 0.1) is 10.1 Å². The molecule has 0 fully saturated rings. The highest BCUT2D eigenvalue weighted by molar-refractivity contribution is 5.74. The predicted octanol–water partition coefficient (Wildman–Crippen LogP) is 2.26. The van der Waals surface area contributed by atoms with Gasteiger partial charge in [-0.05, 0) is 12.1 Å². The van der Waals surface area contributed by atoms with Gasteiger partial charge in [-0.25, -0.2) is 9.97 Å². The number of anilines is 1. The van der Waals surface area contributed by atoms with E-state index in [9.17, 15) is 10.1 Å². The fraction of sp³-hybridized carbons (Fsp3) is 0.200. The Labute approximate surface area is 126 Å². The molecule has 1 aromatic carbocycles. The number of fused-ring (bicyclic) bond motifs is 1. The number of benzene rings is 1. The molecule has 0 aliphatic carbocycles. The fourth-order valence-electron chi connectivity index (χ4n) is 2.30. The van der Waals surface area contributed by atoms with Gasteiger partial charge in [0.05, 0.1) is 28.8 Å². The third kappa shape index (κ3) is 3.03. The average Bonchev–Trinajstić information content (AvgIpc) is 2.95. The zero-order valence-corrected chi connectivity index (χ0v) is 11.9. The Morgan fingerprint density at radius 2 is 2.14 bits per heavy atom. The van der Waals surface area contributed by atoms with Crippen LogP contribution in [-0.4, -0.2) is 21.0 Å². The van der Waals surface area contributed by atoms with E-state index in [1.165, 1.54) is 12.3 Å². The molecule has 0 unspecified atom stereocenters. The first-order valence-electron chi connectivity index (χ1n) is 7.04. The van der Waals surface area contributed by atoms with Gasteiger partial charge in [-0.15, -0.1) is 0 Å². The molecule has 0 aliphatic rings. The van der Waals surface area contributed by atoms with E-state index >= 15 is 0 Å². The first-order valence-corrected chi connectivity index (χ1v) is 7.04. The molecule has 7 heteroatoms. The van der Waals surface area contributed by atoms with Crippen molar-refractivity contribution < 1.29 is 9.91 Å². The van der Waals surface area contributed by atoms with Crippen molar-refractivity contribution in [3.63, 3.8) is 0 Å². The van der Waals surface area contributed by atoms with Gasteiger partial charge in [0.1, 0.15) is 0 Å². The Morgan fingerprint density at radius 1 is 1.27 bits per heavy atom. The van der Waals surface area contributed by atoms with E-state index < -0.39 is 4.92 Å². The minimum Gasteiger partial charge on any atom is -0.330 e. The number of H-pyrrole nitrogens is 1. The van der Waals surface area contributed by atoms with Crippen LogP contribution in [0.5, 0.6) is 0 Å². The summed E-state index contributed by atoms with van der Waals surface area (Å²) in [4.78, 5) is 17.4. The van der Waals surface area contributed by atoms with E-state index in [-0.39, 0.29) is 5.69 Å². The van der Waals surface area contributed by atoms with Crippen molar-refractivity contribution in [3.8, 4) is 0 Å². The standard InChI is InChI=1S/C15H15N5O2/c21-20(22)12-6-7-15(17-10-12)16-8-3-9-19-11-18-13-4-1-2-5-14(13)19/h1-2,4-7,10-11H,3,8-9H2,(H,16,17)/p+1. The van der Waals surface area contributed by atoms with Crippen molar-refractivity contribution in [1.82, 2.24) is 9.55 Å². The van der Waals surface area contributed by atoms with Gasteiger partial charge in [-0.3, -0.25) is 15.4 Å². The smallest absolute Gasteiger partial charge is 0.308 e. The third-order valence-corrected chi connectivity index (χ3v) is 3.43. The summed E-state index contributed by atoms with van der Waals surface area (Å²) in [6.45, 7) is 1.63. The fourth-order valence-corrected chi connectivity index (χ4v) is 2.30. The Bertz CT molecular complexity index is 782. The summed E-state index contributed by atoms with van der Waals surface area (Å²) in [5, 5.41) is 13.8. The predicted molar refractivity (Wildman–Crippen MR) is 82.5 cm³/mol. The molecule has 2 aromatic heterocycles. The van der Waals surface area contributed by atoms with Crippen LogP contribution in [-0.2, 0) is 6.54 Å². The molecule has 3 rings (SSSR count). The normalized spacial score (nSPS) is 10.7. The maximum atomic E-state index is 10.6. The van der Waals surface area contributed by atoms with Crippen LogP contribution < -0.4 is 10.3 Å². The number of nitro groups is 1. The summed E-state index contributed by atoms with van der Waals surface area (Å²) in [6.07, 6.45) is 4.15. The number of nitrogens with zero attached hydrogens (tertiary/aromatic N) is 3. The number of nitrogens with one attached hydrogen (secondary N) is 2. The van der Waals surface area contributed by atoms with E-state index in [4.69, 9.17) is 0 Å². The second-order valence-electron chi connectivity index (χ2n) is 4.92. The van der Waals surface area contributed by atoms with Crippen LogP contribution >= 0.6 is 0 Å². The highest BCUT2D eigenvalue weighted by Crippen LogP contribution is 2.12. The van der Waals surface area contributed by atoms with E-state index in [1.807, 2.05) is 24.5 Å². The lowest BCUT2D eigenvalue weighted by Gasteiger charge is -2.03. The topological polar surface area (TPSA) is 87.1 Å². The van der Waals surface area contributed by atoms with Crippen molar-refractivity contribution >= 4 is 22.5 Å². The molecule has 0 aliphatic heterocycles. The number of aromatic amines is 1. The highest BCUT2D eigenvalue weighted by atomic mass is 16.6. The van der Waals surface area contributed by atoms with Gasteiger partial charge >= 0.3 is 5.69 Å². The zero-order chi connectivity index (χ0) is 15.4. The van der Waals surface area contributed by atoms with Gasteiger partial charge in [0.25, 0.3) is 5.82 Å². The van der Waals surface area contributed by atoms with E-state index in [1.54, 1.807) is 6.07 Å². The molecule has 0 saturated carbocycles. The second kappa shape index (κ2) is 6.21. The quantitative estimate of drug-likeness (QED) is 0.429. The minimum atomic E-state index is -0.426. The summed E-state index contributed by atoms with van der Waals surface area (Å²) in [5.41, 5.74) is 2.18. The van der Waals surface area contributed by atoms with Crippen LogP contribution in [0.4, 0.5) is 11.5 Å². The number of imidazole rings is 1. The molecule has 22 heavy (non-hydrogen) atoms. The number of hydrogen-bond acceptors (Lipinski definition) is 4. The summed E-state index contributed by atoms with van der Waals surface area (Å²) in [7, 11) is 0. The average molecular weight is 298 g/mol. The number of hydrogen-bond donors (Lipinski definition) is 1. The molecule has 0 radical (unpaired) electrons. The van der Waals surface area contributed by atoms with E-state index in [0.29, 0.717) is 0 Å². The summed E-state index contributed by atoms with van der Waals surface area (Å²) in [6, 6.07) is 11.2. The van der Waals surface area contributed by atoms with Crippen LogP contribution in [0.2, 0.25) is 0 Å². The van der Waals surface area contributed by atoms with Crippen molar-refractivity contribution in [1.29, 1.82) is 0 Å². The number of pyridine rings is 1. The van der Waals surface area contributed by atoms with Crippen LogP contribution in [0.15, 0.2) is 48.9 Å². The molecule has 7 nitrogen and oxygen atoms in total. The van der Waals surface area contributed by atoms with Gasteiger partial charge in [0.2, 0.25) is 0 Å². The molecule has 0 spiro atoms. The zero-order valence-electron chi connectivity index (χ0n) is 11.9. The van der Waals surface area contributed by atoms with E-state index in [0.717, 1.165) is 36.4 Å². The number of para-hydroxylation sites is 2. The monoisotopic (exact) mass is 298 g/mol.